The SMILES string of the molecule is O=C(CCCc1c[nH]c2ccccc12)Nc1ccccc1OC(F)(F)F. The average molecular weight is 362 g/mol. The molecule has 0 aliphatic heterocycles. The zero-order valence-electron chi connectivity index (χ0n) is 13.8. The Morgan fingerprint density at radius 3 is 2.62 bits per heavy atom. The number of H-pyrrole nitrogens is 1. The Hall–Kier alpha value is -2.96. The lowest BCUT2D eigenvalue weighted by molar-refractivity contribution is -0.274. The third-order valence-electron chi connectivity index (χ3n) is 3.91. The Balaban J connectivity index is 1.56. The minimum atomic E-state index is -4.81. The van der Waals surface area contributed by atoms with Gasteiger partial charge in [-0.3, -0.25) is 4.79 Å². The van der Waals surface area contributed by atoms with E-state index >= 15 is 0 Å². The zero-order chi connectivity index (χ0) is 18.6. The molecular weight excluding hydrogens is 345 g/mol. The summed E-state index contributed by atoms with van der Waals surface area (Å²) in [6.45, 7) is 0. The second-order valence-electron chi connectivity index (χ2n) is 5.81. The minimum Gasteiger partial charge on any atom is -0.404 e. The van der Waals surface area contributed by atoms with Crippen molar-refractivity contribution in [2.75, 3.05) is 5.32 Å². The van der Waals surface area contributed by atoms with Gasteiger partial charge in [-0.1, -0.05) is 30.3 Å². The summed E-state index contributed by atoms with van der Waals surface area (Å²) in [4.78, 5) is 15.2. The van der Waals surface area contributed by atoms with Crippen molar-refractivity contribution in [2.45, 2.75) is 25.6 Å². The molecule has 1 heterocycles. The van der Waals surface area contributed by atoms with Gasteiger partial charge >= 0.3 is 6.36 Å². The minimum absolute atomic E-state index is 0.00178. The highest BCUT2D eigenvalue weighted by atomic mass is 19.4. The fourth-order valence-corrected chi connectivity index (χ4v) is 2.77. The largest absolute Gasteiger partial charge is 0.573 e. The van der Waals surface area contributed by atoms with Crippen molar-refractivity contribution >= 4 is 22.5 Å². The fourth-order valence-electron chi connectivity index (χ4n) is 2.77. The number of alkyl halides is 3. The van der Waals surface area contributed by atoms with Crippen molar-refractivity contribution in [1.82, 2.24) is 4.98 Å². The van der Waals surface area contributed by atoms with Crippen LogP contribution in [0.3, 0.4) is 0 Å². The van der Waals surface area contributed by atoms with E-state index in [4.69, 9.17) is 0 Å². The Bertz CT molecular complexity index is 903. The fraction of sp³-hybridized carbons (Fsp3) is 0.211. The van der Waals surface area contributed by atoms with Gasteiger partial charge in [-0.05, 0) is 36.6 Å². The number of benzene rings is 2. The van der Waals surface area contributed by atoms with Crippen molar-refractivity contribution in [2.24, 2.45) is 0 Å². The van der Waals surface area contributed by atoms with E-state index in [-0.39, 0.29) is 18.0 Å². The smallest absolute Gasteiger partial charge is 0.404 e. The molecule has 0 atom stereocenters. The van der Waals surface area contributed by atoms with Gasteiger partial charge in [-0.15, -0.1) is 13.2 Å². The summed E-state index contributed by atoms with van der Waals surface area (Å²) in [5, 5.41) is 3.59. The summed E-state index contributed by atoms with van der Waals surface area (Å²) in [5.41, 5.74) is 2.14. The van der Waals surface area contributed by atoms with Gasteiger partial charge in [-0.25, -0.2) is 0 Å². The number of hydrogen-bond acceptors (Lipinski definition) is 2. The number of carbonyl (C=O) groups is 1. The number of nitrogens with one attached hydrogen (secondary N) is 2. The van der Waals surface area contributed by atoms with Crippen LogP contribution in [0.4, 0.5) is 18.9 Å². The van der Waals surface area contributed by atoms with Crippen LogP contribution in [0.1, 0.15) is 18.4 Å². The monoisotopic (exact) mass is 362 g/mol. The molecular formula is C19H17F3N2O2. The highest BCUT2D eigenvalue weighted by Crippen LogP contribution is 2.30. The lowest BCUT2D eigenvalue weighted by Gasteiger charge is -2.13. The first-order valence-corrected chi connectivity index (χ1v) is 8.12. The molecule has 1 aromatic heterocycles. The van der Waals surface area contributed by atoms with Crippen LogP contribution in [-0.2, 0) is 11.2 Å². The number of para-hydroxylation sites is 3. The molecule has 0 saturated heterocycles. The normalized spacial score (nSPS) is 11.5. The third kappa shape index (κ3) is 4.56. The van der Waals surface area contributed by atoms with Crippen molar-refractivity contribution < 1.29 is 22.7 Å². The van der Waals surface area contributed by atoms with Crippen LogP contribution in [0.2, 0.25) is 0 Å². The molecule has 3 aromatic rings. The Labute approximate surface area is 148 Å². The molecule has 0 spiro atoms. The van der Waals surface area contributed by atoms with Crippen LogP contribution in [0.5, 0.6) is 5.75 Å². The lowest BCUT2D eigenvalue weighted by Crippen LogP contribution is -2.19. The first-order chi connectivity index (χ1) is 12.4. The van der Waals surface area contributed by atoms with Crippen LogP contribution < -0.4 is 10.1 Å². The first-order valence-electron chi connectivity index (χ1n) is 8.12. The maximum Gasteiger partial charge on any atom is 0.573 e. The van der Waals surface area contributed by atoms with E-state index in [1.807, 2.05) is 30.5 Å². The Kier molecular flexibility index (Phi) is 5.16. The predicted octanol–water partition coefficient (Wildman–Crippen LogP) is 5.03. The van der Waals surface area contributed by atoms with Crippen molar-refractivity contribution in [3.05, 3.63) is 60.3 Å². The maximum atomic E-state index is 12.4. The zero-order valence-corrected chi connectivity index (χ0v) is 13.8. The van der Waals surface area contributed by atoms with Crippen molar-refractivity contribution in [3.63, 3.8) is 0 Å². The molecule has 0 bridgehead atoms. The molecule has 0 unspecified atom stereocenters. The first kappa shape index (κ1) is 17.8. The molecule has 136 valence electrons. The molecule has 4 nitrogen and oxygen atoms in total. The van der Waals surface area contributed by atoms with Gasteiger partial charge in [0.2, 0.25) is 5.91 Å². The highest BCUT2D eigenvalue weighted by Gasteiger charge is 2.32. The van der Waals surface area contributed by atoms with E-state index in [0.717, 1.165) is 22.5 Å². The predicted molar refractivity (Wildman–Crippen MR) is 93.0 cm³/mol. The number of ether oxygens (including phenoxy) is 1. The van der Waals surface area contributed by atoms with Crippen molar-refractivity contribution in [3.8, 4) is 5.75 Å². The molecule has 0 radical (unpaired) electrons. The quantitative estimate of drug-likeness (QED) is 0.646. The number of halogens is 3. The van der Waals surface area contributed by atoms with Crippen LogP contribution >= 0.6 is 0 Å². The van der Waals surface area contributed by atoms with Crippen LogP contribution in [0, 0.1) is 0 Å². The topological polar surface area (TPSA) is 54.1 Å². The summed E-state index contributed by atoms with van der Waals surface area (Å²) in [5.74, 6) is -0.784. The van der Waals surface area contributed by atoms with Gasteiger partial charge in [-0.2, -0.15) is 0 Å². The maximum absolute atomic E-state index is 12.4. The van der Waals surface area contributed by atoms with Crippen molar-refractivity contribution in [1.29, 1.82) is 0 Å². The Morgan fingerprint density at radius 2 is 1.81 bits per heavy atom. The number of rotatable bonds is 6. The summed E-state index contributed by atoms with van der Waals surface area (Å²) in [7, 11) is 0. The molecule has 2 aromatic carbocycles. The highest BCUT2D eigenvalue weighted by molar-refractivity contribution is 5.92. The Morgan fingerprint density at radius 1 is 1.08 bits per heavy atom. The standard InChI is InChI=1S/C19H17F3N2O2/c20-19(21,22)26-17-10-4-3-9-16(17)24-18(25)11-5-6-13-12-23-15-8-2-1-7-14(13)15/h1-4,7-10,12,23H,5-6,11H2,(H,24,25). The molecule has 2 N–H and O–H groups in total. The molecule has 7 heteroatoms. The molecule has 0 fully saturated rings. The molecule has 26 heavy (non-hydrogen) atoms. The average Bonchev–Trinajstić information content (AvgIpc) is 2.99. The number of carbonyl (C=O) groups excluding carboxylic acids is 1. The lowest BCUT2D eigenvalue weighted by atomic mass is 10.1. The van der Waals surface area contributed by atoms with Crippen LogP contribution in [-0.4, -0.2) is 17.3 Å². The number of amides is 1. The summed E-state index contributed by atoms with van der Waals surface area (Å²) in [6.07, 6.45) is -1.43. The number of hydrogen-bond donors (Lipinski definition) is 2. The van der Waals surface area contributed by atoms with E-state index < -0.39 is 12.1 Å². The molecule has 0 aliphatic carbocycles. The molecule has 3 rings (SSSR count). The van der Waals surface area contributed by atoms with Gasteiger partial charge in [0.05, 0.1) is 5.69 Å². The van der Waals surface area contributed by atoms with Gasteiger partial charge in [0.1, 0.15) is 0 Å². The van der Waals surface area contributed by atoms with Crippen LogP contribution in [0.15, 0.2) is 54.7 Å². The molecule has 0 aliphatic rings. The summed E-state index contributed by atoms with van der Waals surface area (Å²) in [6, 6.07) is 13.3. The number of aromatic nitrogens is 1. The second-order valence-corrected chi connectivity index (χ2v) is 5.81. The number of aryl methyl sites for hydroxylation is 1. The van der Waals surface area contributed by atoms with E-state index in [1.165, 1.54) is 18.2 Å². The number of anilines is 1. The third-order valence-corrected chi connectivity index (χ3v) is 3.91. The van der Waals surface area contributed by atoms with E-state index in [1.54, 1.807) is 0 Å². The summed E-state index contributed by atoms with van der Waals surface area (Å²) >= 11 is 0. The van der Waals surface area contributed by atoms with E-state index in [9.17, 15) is 18.0 Å². The van der Waals surface area contributed by atoms with Gasteiger partial charge in [0.15, 0.2) is 5.75 Å². The van der Waals surface area contributed by atoms with E-state index in [0.29, 0.717) is 12.8 Å². The van der Waals surface area contributed by atoms with Gasteiger partial charge < -0.3 is 15.0 Å². The van der Waals surface area contributed by atoms with Crippen LogP contribution in [0.25, 0.3) is 10.9 Å². The second kappa shape index (κ2) is 7.51. The molecule has 1 amide bonds. The van der Waals surface area contributed by atoms with Gasteiger partial charge in [0.25, 0.3) is 0 Å². The number of aromatic amines is 1. The summed E-state index contributed by atoms with van der Waals surface area (Å²) < 4.78 is 41.2. The molecule has 0 saturated carbocycles. The number of fused-ring (bicyclic) bond motifs is 1. The van der Waals surface area contributed by atoms with Gasteiger partial charge in [0, 0.05) is 23.5 Å². The van der Waals surface area contributed by atoms with E-state index in [2.05, 4.69) is 15.0 Å².